The Labute approximate surface area is 239 Å². The normalized spacial score (nSPS) is 11.3. The van der Waals surface area contributed by atoms with Crippen molar-refractivity contribution in [2.24, 2.45) is 0 Å². The standard InChI is InChI=1S/C34H33N2O3S/c1-24-32(8-6-22-35-24)37-26-10-16-29(17-11-26)40(31-20-14-28(15-21-31)39-34(3,4)5)30-18-12-27(13-19-30)38-33-9-7-23-36-25(33)2/h6-23H,1-5H3/q+1. The van der Waals surface area contributed by atoms with Gasteiger partial charge in [-0.15, -0.1) is 0 Å². The van der Waals surface area contributed by atoms with Crippen LogP contribution in [0, 0.1) is 13.8 Å². The van der Waals surface area contributed by atoms with Gasteiger partial charge in [-0.2, -0.15) is 0 Å². The van der Waals surface area contributed by atoms with Crippen molar-refractivity contribution < 1.29 is 14.2 Å². The molecule has 0 radical (unpaired) electrons. The van der Waals surface area contributed by atoms with Gasteiger partial charge in [0.1, 0.15) is 34.3 Å². The fourth-order valence-corrected chi connectivity index (χ4v) is 6.14. The molecule has 5 aromatic rings. The quantitative estimate of drug-likeness (QED) is 0.181. The van der Waals surface area contributed by atoms with Crippen LogP contribution < -0.4 is 14.2 Å². The van der Waals surface area contributed by atoms with Crippen LogP contribution in [0.4, 0.5) is 0 Å². The number of nitrogens with zero attached hydrogens (tertiary/aromatic N) is 2. The zero-order chi connectivity index (χ0) is 28.1. The highest BCUT2D eigenvalue weighted by Gasteiger charge is 2.29. The van der Waals surface area contributed by atoms with Gasteiger partial charge in [-0.05, 0) is 132 Å². The predicted molar refractivity (Wildman–Crippen MR) is 160 cm³/mol. The third-order valence-electron chi connectivity index (χ3n) is 5.97. The van der Waals surface area contributed by atoms with Crippen LogP contribution in [-0.4, -0.2) is 15.6 Å². The van der Waals surface area contributed by atoms with Crippen molar-refractivity contribution in [2.75, 3.05) is 0 Å². The summed E-state index contributed by atoms with van der Waals surface area (Å²) in [6.45, 7) is 10.0. The van der Waals surface area contributed by atoms with Gasteiger partial charge in [-0.3, -0.25) is 9.97 Å². The maximum absolute atomic E-state index is 6.10. The number of hydrogen-bond donors (Lipinski definition) is 0. The number of pyridine rings is 2. The second-order valence-electron chi connectivity index (χ2n) is 10.3. The molecule has 0 aliphatic rings. The molecule has 2 heterocycles. The molecule has 0 amide bonds. The van der Waals surface area contributed by atoms with Crippen molar-refractivity contribution in [2.45, 2.75) is 54.9 Å². The minimum Gasteiger partial charge on any atom is -0.488 e. The Kier molecular flexibility index (Phi) is 8.08. The Morgan fingerprint density at radius 1 is 0.525 bits per heavy atom. The number of ether oxygens (including phenoxy) is 3. The van der Waals surface area contributed by atoms with Crippen LogP contribution in [0.25, 0.3) is 0 Å². The fourth-order valence-electron chi connectivity index (χ4n) is 4.10. The first-order valence-electron chi connectivity index (χ1n) is 13.2. The van der Waals surface area contributed by atoms with Crippen molar-refractivity contribution in [1.82, 2.24) is 9.97 Å². The van der Waals surface area contributed by atoms with Crippen molar-refractivity contribution in [3.8, 4) is 28.7 Å². The molecular weight excluding hydrogens is 516 g/mol. The maximum atomic E-state index is 6.10. The molecule has 0 saturated heterocycles. The van der Waals surface area contributed by atoms with Gasteiger partial charge in [-0.25, -0.2) is 0 Å². The summed E-state index contributed by atoms with van der Waals surface area (Å²) in [6, 6.07) is 32.6. The van der Waals surface area contributed by atoms with Crippen LogP contribution in [-0.2, 0) is 10.9 Å². The largest absolute Gasteiger partial charge is 0.488 e. The molecule has 202 valence electrons. The Morgan fingerprint density at radius 3 is 1.25 bits per heavy atom. The summed E-state index contributed by atoms with van der Waals surface area (Å²) in [5, 5.41) is 0. The molecule has 2 aromatic heterocycles. The molecule has 6 heteroatoms. The SMILES string of the molecule is Cc1ncccc1Oc1ccc([S+](c2ccc(Oc3cccnc3C)cc2)c2ccc(OC(C)(C)C)cc2)cc1. The molecule has 0 spiro atoms. The summed E-state index contributed by atoms with van der Waals surface area (Å²) in [7, 11) is -0.356. The van der Waals surface area contributed by atoms with Gasteiger partial charge in [-0.1, -0.05) is 0 Å². The second-order valence-corrected chi connectivity index (χ2v) is 12.3. The van der Waals surface area contributed by atoms with E-state index in [-0.39, 0.29) is 16.5 Å². The van der Waals surface area contributed by atoms with Crippen LogP contribution in [0.3, 0.4) is 0 Å². The highest BCUT2D eigenvalue weighted by Crippen LogP contribution is 2.35. The molecule has 0 fully saturated rings. The molecular formula is C34H33N2O3S+. The highest BCUT2D eigenvalue weighted by molar-refractivity contribution is 7.97. The fraction of sp³-hybridized carbons (Fsp3) is 0.176. The van der Waals surface area contributed by atoms with Crippen molar-refractivity contribution >= 4 is 10.9 Å². The van der Waals surface area contributed by atoms with Crippen LogP contribution in [0.2, 0.25) is 0 Å². The molecule has 0 aliphatic carbocycles. The number of hydrogen-bond acceptors (Lipinski definition) is 5. The molecule has 0 saturated carbocycles. The van der Waals surface area contributed by atoms with E-state index in [0.717, 1.165) is 40.1 Å². The Morgan fingerprint density at radius 2 is 0.900 bits per heavy atom. The molecule has 5 rings (SSSR count). The summed E-state index contributed by atoms with van der Waals surface area (Å²) in [5.74, 6) is 3.90. The van der Waals surface area contributed by atoms with E-state index in [2.05, 4.69) is 67.1 Å². The third kappa shape index (κ3) is 6.82. The lowest BCUT2D eigenvalue weighted by Crippen LogP contribution is -2.22. The van der Waals surface area contributed by atoms with Crippen LogP contribution >= 0.6 is 0 Å². The second kappa shape index (κ2) is 11.8. The zero-order valence-electron chi connectivity index (χ0n) is 23.4. The van der Waals surface area contributed by atoms with E-state index in [0.29, 0.717) is 0 Å². The maximum Gasteiger partial charge on any atom is 0.166 e. The van der Waals surface area contributed by atoms with Gasteiger partial charge in [0.15, 0.2) is 14.7 Å². The summed E-state index contributed by atoms with van der Waals surface area (Å²) < 4.78 is 18.3. The van der Waals surface area contributed by atoms with Gasteiger partial charge in [0.05, 0.1) is 22.3 Å². The Balaban J connectivity index is 1.45. The highest BCUT2D eigenvalue weighted by atomic mass is 32.2. The van der Waals surface area contributed by atoms with E-state index in [1.807, 2.05) is 74.5 Å². The van der Waals surface area contributed by atoms with Gasteiger partial charge in [0, 0.05) is 12.4 Å². The first-order valence-corrected chi connectivity index (χ1v) is 14.4. The molecule has 3 aromatic carbocycles. The monoisotopic (exact) mass is 549 g/mol. The van der Waals surface area contributed by atoms with Crippen LogP contribution in [0.15, 0.2) is 124 Å². The average Bonchev–Trinajstić information content (AvgIpc) is 2.93. The van der Waals surface area contributed by atoms with Gasteiger partial charge < -0.3 is 14.2 Å². The topological polar surface area (TPSA) is 53.5 Å². The van der Waals surface area contributed by atoms with E-state index < -0.39 is 0 Å². The number of aryl methyl sites for hydroxylation is 2. The minimum atomic E-state index is -0.356. The van der Waals surface area contributed by atoms with E-state index in [4.69, 9.17) is 14.2 Å². The lowest BCUT2D eigenvalue weighted by Gasteiger charge is -2.21. The average molecular weight is 550 g/mol. The van der Waals surface area contributed by atoms with E-state index in [9.17, 15) is 0 Å². The first kappa shape index (κ1) is 27.3. The van der Waals surface area contributed by atoms with Gasteiger partial charge in [0.25, 0.3) is 0 Å². The molecule has 0 unspecified atom stereocenters. The summed E-state index contributed by atoms with van der Waals surface area (Å²) >= 11 is 0. The molecule has 0 aliphatic heterocycles. The van der Waals surface area contributed by atoms with Gasteiger partial charge in [0.2, 0.25) is 0 Å². The lowest BCUT2D eigenvalue weighted by atomic mass is 10.2. The predicted octanol–water partition coefficient (Wildman–Crippen LogP) is 8.95. The lowest BCUT2D eigenvalue weighted by molar-refractivity contribution is 0.131. The van der Waals surface area contributed by atoms with Gasteiger partial charge >= 0.3 is 0 Å². The molecule has 0 bridgehead atoms. The Bertz CT molecular complexity index is 1470. The van der Waals surface area contributed by atoms with Crippen molar-refractivity contribution in [3.05, 3.63) is 121 Å². The smallest absolute Gasteiger partial charge is 0.166 e. The van der Waals surface area contributed by atoms with Crippen LogP contribution in [0.5, 0.6) is 28.7 Å². The van der Waals surface area contributed by atoms with Crippen molar-refractivity contribution in [3.63, 3.8) is 0 Å². The summed E-state index contributed by atoms with van der Waals surface area (Å²) in [4.78, 5) is 12.2. The number of benzene rings is 3. The molecule has 5 nitrogen and oxygen atoms in total. The number of rotatable bonds is 8. The van der Waals surface area contributed by atoms with E-state index in [1.54, 1.807) is 12.4 Å². The van der Waals surface area contributed by atoms with Crippen molar-refractivity contribution in [1.29, 1.82) is 0 Å². The molecule has 0 N–H and O–H groups in total. The minimum absolute atomic E-state index is 0.256. The zero-order valence-corrected chi connectivity index (χ0v) is 24.2. The molecule has 0 atom stereocenters. The summed E-state index contributed by atoms with van der Waals surface area (Å²) in [5.41, 5.74) is 1.45. The molecule has 40 heavy (non-hydrogen) atoms. The number of aromatic nitrogens is 2. The Hall–Kier alpha value is -4.29. The van der Waals surface area contributed by atoms with E-state index in [1.165, 1.54) is 14.7 Å². The van der Waals surface area contributed by atoms with Crippen LogP contribution in [0.1, 0.15) is 32.2 Å². The summed E-state index contributed by atoms with van der Waals surface area (Å²) in [6.07, 6.45) is 3.53. The van der Waals surface area contributed by atoms with E-state index >= 15 is 0 Å². The third-order valence-corrected chi connectivity index (χ3v) is 8.21. The first-order chi connectivity index (χ1) is 19.2.